The summed E-state index contributed by atoms with van der Waals surface area (Å²) in [5.74, 6) is 0.636. The highest BCUT2D eigenvalue weighted by molar-refractivity contribution is 6.31. The molecule has 0 atom stereocenters. The SMILES string of the molecule is CN(C)C(C)(C)COc1ccc(Cl)c(CNC2CC2)n1. The first-order chi connectivity index (χ1) is 9.38. The maximum atomic E-state index is 6.17. The molecule has 1 aliphatic carbocycles. The van der Waals surface area contributed by atoms with Gasteiger partial charge in [0, 0.05) is 24.2 Å². The quantitative estimate of drug-likeness (QED) is 0.840. The number of hydrogen-bond acceptors (Lipinski definition) is 4. The maximum absolute atomic E-state index is 6.17. The van der Waals surface area contributed by atoms with Gasteiger partial charge in [0.05, 0.1) is 10.7 Å². The van der Waals surface area contributed by atoms with Crippen molar-refractivity contribution in [3.63, 3.8) is 0 Å². The van der Waals surface area contributed by atoms with Crippen LogP contribution in [0.2, 0.25) is 5.02 Å². The molecule has 112 valence electrons. The van der Waals surface area contributed by atoms with Crippen LogP contribution in [0.15, 0.2) is 12.1 Å². The Kier molecular flexibility index (Phi) is 4.89. The van der Waals surface area contributed by atoms with Crippen LogP contribution in [0.3, 0.4) is 0 Å². The Bertz CT molecular complexity index is 458. The summed E-state index contributed by atoms with van der Waals surface area (Å²) >= 11 is 6.17. The number of halogens is 1. The van der Waals surface area contributed by atoms with Crippen molar-refractivity contribution in [1.82, 2.24) is 15.2 Å². The van der Waals surface area contributed by atoms with E-state index in [0.717, 1.165) is 5.69 Å². The average Bonchev–Trinajstić information content (AvgIpc) is 3.20. The normalized spacial score (nSPS) is 15.7. The van der Waals surface area contributed by atoms with Crippen molar-refractivity contribution in [2.75, 3.05) is 20.7 Å². The summed E-state index contributed by atoms with van der Waals surface area (Å²) in [5.41, 5.74) is 0.826. The average molecular weight is 298 g/mol. The first-order valence-electron chi connectivity index (χ1n) is 7.07. The molecule has 0 aliphatic heterocycles. The summed E-state index contributed by atoms with van der Waals surface area (Å²) in [7, 11) is 4.09. The fourth-order valence-corrected chi connectivity index (χ4v) is 1.75. The summed E-state index contributed by atoms with van der Waals surface area (Å²) in [6, 6.07) is 4.33. The number of aromatic nitrogens is 1. The van der Waals surface area contributed by atoms with Crippen LogP contribution in [0.5, 0.6) is 5.88 Å². The number of nitrogens with zero attached hydrogens (tertiary/aromatic N) is 2. The van der Waals surface area contributed by atoms with Crippen LogP contribution in [0.25, 0.3) is 0 Å². The second kappa shape index (κ2) is 6.29. The van der Waals surface area contributed by atoms with E-state index < -0.39 is 0 Å². The van der Waals surface area contributed by atoms with E-state index in [2.05, 4.69) is 29.0 Å². The molecular formula is C15H24ClN3O. The van der Waals surface area contributed by atoms with Crippen molar-refractivity contribution >= 4 is 11.6 Å². The minimum atomic E-state index is -0.0340. The van der Waals surface area contributed by atoms with Gasteiger partial charge in [-0.1, -0.05) is 11.6 Å². The molecule has 2 rings (SSSR count). The predicted molar refractivity (Wildman–Crippen MR) is 82.4 cm³/mol. The smallest absolute Gasteiger partial charge is 0.213 e. The van der Waals surface area contributed by atoms with Gasteiger partial charge in [-0.15, -0.1) is 0 Å². The van der Waals surface area contributed by atoms with Gasteiger partial charge in [-0.05, 0) is 46.9 Å². The van der Waals surface area contributed by atoms with Crippen LogP contribution in [-0.4, -0.2) is 42.2 Å². The summed E-state index contributed by atoms with van der Waals surface area (Å²) in [6.07, 6.45) is 2.51. The zero-order valence-corrected chi connectivity index (χ0v) is 13.5. The predicted octanol–water partition coefficient (Wildman–Crippen LogP) is 2.71. The molecule has 0 bridgehead atoms. The molecule has 1 N–H and O–H groups in total. The van der Waals surface area contributed by atoms with Gasteiger partial charge in [-0.2, -0.15) is 0 Å². The van der Waals surface area contributed by atoms with Crippen molar-refractivity contribution < 1.29 is 4.74 Å². The highest BCUT2D eigenvalue weighted by atomic mass is 35.5. The molecule has 1 aliphatic rings. The zero-order chi connectivity index (χ0) is 14.8. The highest BCUT2D eigenvalue weighted by Gasteiger charge is 2.22. The van der Waals surface area contributed by atoms with Gasteiger partial charge in [0.15, 0.2) is 0 Å². The van der Waals surface area contributed by atoms with Gasteiger partial charge in [-0.3, -0.25) is 0 Å². The summed E-state index contributed by atoms with van der Waals surface area (Å²) in [6.45, 7) is 5.57. The molecule has 0 spiro atoms. The number of hydrogen-bond donors (Lipinski definition) is 1. The highest BCUT2D eigenvalue weighted by Crippen LogP contribution is 2.22. The lowest BCUT2D eigenvalue weighted by Crippen LogP contribution is -2.43. The molecule has 1 fully saturated rings. The molecule has 1 aromatic rings. The van der Waals surface area contributed by atoms with E-state index in [1.54, 1.807) is 0 Å². The van der Waals surface area contributed by atoms with Crippen molar-refractivity contribution in [3.05, 3.63) is 22.8 Å². The van der Waals surface area contributed by atoms with Gasteiger partial charge in [0.1, 0.15) is 6.61 Å². The van der Waals surface area contributed by atoms with Crippen LogP contribution in [0, 0.1) is 0 Å². The van der Waals surface area contributed by atoms with Crippen LogP contribution in [0.4, 0.5) is 0 Å². The molecular weight excluding hydrogens is 274 g/mol. The zero-order valence-electron chi connectivity index (χ0n) is 12.7. The van der Waals surface area contributed by atoms with Gasteiger partial charge in [-0.25, -0.2) is 4.98 Å². The molecule has 1 aromatic heterocycles. The summed E-state index contributed by atoms with van der Waals surface area (Å²) in [5, 5.41) is 4.11. The van der Waals surface area contributed by atoms with Crippen molar-refractivity contribution in [3.8, 4) is 5.88 Å². The molecule has 0 saturated heterocycles. The number of rotatable bonds is 7. The maximum Gasteiger partial charge on any atom is 0.213 e. The number of nitrogens with one attached hydrogen (secondary N) is 1. The van der Waals surface area contributed by atoms with Gasteiger partial charge in [0.25, 0.3) is 0 Å². The number of likely N-dealkylation sites (N-methyl/N-ethyl adjacent to an activating group) is 1. The Morgan fingerprint density at radius 1 is 1.40 bits per heavy atom. The van der Waals surface area contributed by atoms with Crippen LogP contribution < -0.4 is 10.1 Å². The Morgan fingerprint density at radius 3 is 2.70 bits per heavy atom. The van der Waals surface area contributed by atoms with Crippen molar-refractivity contribution in [2.24, 2.45) is 0 Å². The fraction of sp³-hybridized carbons (Fsp3) is 0.667. The molecule has 0 radical (unpaired) electrons. The van der Waals surface area contributed by atoms with Crippen LogP contribution >= 0.6 is 11.6 Å². The van der Waals surface area contributed by atoms with E-state index in [1.165, 1.54) is 12.8 Å². The Balaban J connectivity index is 1.95. The molecule has 0 aromatic carbocycles. The first-order valence-corrected chi connectivity index (χ1v) is 7.45. The first kappa shape index (κ1) is 15.5. The van der Waals surface area contributed by atoms with E-state index >= 15 is 0 Å². The molecule has 1 saturated carbocycles. The van der Waals surface area contributed by atoms with Crippen molar-refractivity contribution in [1.29, 1.82) is 0 Å². The lowest BCUT2D eigenvalue weighted by molar-refractivity contribution is 0.111. The summed E-state index contributed by atoms with van der Waals surface area (Å²) < 4.78 is 5.81. The topological polar surface area (TPSA) is 37.4 Å². The molecule has 4 nitrogen and oxygen atoms in total. The standard InChI is InChI=1S/C15H24ClN3O/c1-15(2,19(3)4)10-20-14-8-7-12(16)13(18-14)9-17-11-5-6-11/h7-8,11,17H,5-6,9-10H2,1-4H3. The third-order valence-electron chi connectivity index (χ3n) is 3.81. The van der Waals surface area contributed by atoms with E-state index in [0.29, 0.717) is 30.1 Å². The van der Waals surface area contributed by atoms with Crippen molar-refractivity contribution in [2.45, 2.75) is 44.8 Å². The lowest BCUT2D eigenvalue weighted by Gasteiger charge is -2.31. The second-order valence-electron chi connectivity index (χ2n) is 6.23. The molecule has 5 heteroatoms. The largest absolute Gasteiger partial charge is 0.476 e. The third-order valence-corrected chi connectivity index (χ3v) is 4.16. The van der Waals surface area contributed by atoms with E-state index in [-0.39, 0.29) is 5.54 Å². The van der Waals surface area contributed by atoms with Crippen LogP contribution in [-0.2, 0) is 6.54 Å². The minimum absolute atomic E-state index is 0.0340. The lowest BCUT2D eigenvalue weighted by atomic mass is 10.1. The summed E-state index contributed by atoms with van der Waals surface area (Å²) in [4.78, 5) is 6.64. The van der Waals surface area contributed by atoms with Crippen LogP contribution in [0.1, 0.15) is 32.4 Å². The molecule has 0 amide bonds. The molecule has 1 heterocycles. The monoisotopic (exact) mass is 297 g/mol. The molecule has 0 unspecified atom stereocenters. The Labute approximate surface area is 126 Å². The van der Waals surface area contributed by atoms with Gasteiger partial charge in [0.2, 0.25) is 5.88 Å². The fourth-order valence-electron chi connectivity index (χ4n) is 1.58. The second-order valence-corrected chi connectivity index (χ2v) is 6.64. The van der Waals surface area contributed by atoms with Gasteiger partial charge >= 0.3 is 0 Å². The van der Waals surface area contributed by atoms with E-state index in [9.17, 15) is 0 Å². The molecule has 20 heavy (non-hydrogen) atoms. The third kappa shape index (κ3) is 4.33. The number of pyridine rings is 1. The Morgan fingerprint density at radius 2 is 2.10 bits per heavy atom. The van der Waals surface area contributed by atoms with E-state index in [4.69, 9.17) is 16.3 Å². The van der Waals surface area contributed by atoms with E-state index in [1.807, 2.05) is 26.2 Å². The Hall–Kier alpha value is -0.840. The number of ether oxygens (including phenoxy) is 1. The minimum Gasteiger partial charge on any atom is -0.476 e. The van der Waals surface area contributed by atoms with Gasteiger partial charge < -0.3 is 15.0 Å².